The summed E-state index contributed by atoms with van der Waals surface area (Å²) in [4.78, 5) is 3.92. The number of hydrogen-bond donors (Lipinski definition) is 2. The Kier molecular flexibility index (Phi) is 3.40. The molecule has 2 aromatic rings. The minimum atomic E-state index is 0.444. The molecule has 1 heterocycles. The first-order chi connectivity index (χ1) is 8.16. The van der Waals surface area contributed by atoms with E-state index in [1.807, 2.05) is 30.3 Å². The van der Waals surface area contributed by atoms with Crippen LogP contribution in [0.1, 0.15) is 12.5 Å². The average molecular weight is 246 g/mol. The highest BCUT2D eigenvalue weighted by Gasteiger charge is 2.04. The van der Waals surface area contributed by atoms with Crippen LogP contribution in [0.25, 0.3) is 0 Å². The fraction of sp³-hybridized carbons (Fsp3) is 0.0769. The van der Waals surface area contributed by atoms with E-state index in [4.69, 9.17) is 17.0 Å². The molecular formula is C13H12ClN3. The predicted octanol–water partition coefficient (Wildman–Crippen LogP) is 3.87. The molecule has 0 amide bonds. The zero-order valence-corrected chi connectivity index (χ0v) is 10.1. The van der Waals surface area contributed by atoms with Crippen LogP contribution in [0.5, 0.6) is 0 Å². The summed E-state index contributed by atoms with van der Waals surface area (Å²) in [5, 5.41) is 11.4. The van der Waals surface area contributed by atoms with Crippen LogP contribution in [0.2, 0.25) is 5.15 Å². The summed E-state index contributed by atoms with van der Waals surface area (Å²) in [6.45, 7) is 1.76. The number of anilines is 2. The highest BCUT2D eigenvalue weighted by molar-refractivity contribution is 6.29. The van der Waals surface area contributed by atoms with E-state index in [9.17, 15) is 0 Å². The molecule has 0 aliphatic rings. The Balaban J connectivity index is 2.33. The van der Waals surface area contributed by atoms with Crippen LogP contribution < -0.4 is 5.32 Å². The molecule has 0 atom stereocenters. The lowest BCUT2D eigenvalue weighted by molar-refractivity contribution is 1.32. The van der Waals surface area contributed by atoms with Gasteiger partial charge in [-0.3, -0.25) is 0 Å². The van der Waals surface area contributed by atoms with Gasteiger partial charge in [0.15, 0.2) is 0 Å². The molecule has 2 rings (SSSR count). The first kappa shape index (κ1) is 11.6. The number of para-hydroxylation sites is 1. The largest absolute Gasteiger partial charge is 0.355 e. The molecular weight excluding hydrogens is 234 g/mol. The molecule has 0 fully saturated rings. The van der Waals surface area contributed by atoms with Crippen molar-refractivity contribution in [3.05, 3.63) is 53.3 Å². The first-order valence-electron chi connectivity index (χ1n) is 5.20. The van der Waals surface area contributed by atoms with Crippen molar-refractivity contribution in [2.45, 2.75) is 6.92 Å². The van der Waals surface area contributed by atoms with Gasteiger partial charge < -0.3 is 10.7 Å². The molecule has 2 N–H and O–H groups in total. The highest BCUT2D eigenvalue weighted by atomic mass is 35.5. The molecule has 0 aliphatic carbocycles. The maximum Gasteiger partial charge on any atom is 0.131 e. The van der Waals surface area contributed by atoms with Crippen molar-refractivity contribution in [3.63, 3.8) is 0 Å². The summed E-state index contributed by atoms with van der Waals surface area (Å²) in [5.74, 6) is 0. The Labute approximate surface area is 105 Å². The third-order valence-electron chi connectivity index (χ3n) is 2.34. The summed E-state index contributed by atoms with van der Waals surface area (Å²) in [7, 11) is 0. The van der Waals surface area contributed by atoms with Crippen molar-refractivity contribution in [1.82, 2.24) is 4.98 Å². The van der Waals surface area contributed by atoms with Gasteiger partial charge in [0.25, 0.3) is 0 Å². The lowest BCUT2D eigenvalue weighted by Crippen LogP contribution is -2.00. The quantitative estimate of drug-likeness (QED) is 0.637. The molecule has 3 nitrogen and oxygen atoms in total. The van der Waals surface area contributed by atoms with Crippen LogP contribution in [0.3, 0.4) is 0 Å². The average Bonchev–Trinajstić information content (AvgIpc) is 2.29. The van der Waals surface area contributed by atoms with E-state index in [-0.39, 0.29) is 0 Å². The van der Waals surface area contributed by atoms with Gasteiger partial charge in [0.05, 0.1) is 0 Å². The summed E-state index contributed by atoms with van der Waals surface area (Å²) < 4.78 is 0. The minimum Gasteiger partial charge on any atom is -0.355 e. The third-order valence-corrected chi connectivity index (χ3v) is 2.54. The van der Waals surface area contributed by atoms with Crippen molar-refractivity contribution in [2.75, 3.05) is 5.32 Å². The van der Waals surface area contributed by atoms with Gasteiger partial charge in [-0.2, -0.15) is 0 Å². The number of pyridine rings is 1. The fourth-order valence-corrected chi connectivity index (χ4v) is 1.73. The molecule has 0 bridgehead atoms. The van der Waals surface area contributed by atoms with Gasteiger partial charge in [-0.25, -0.2) is 4.98 Å². The molecule has 0 unspecified atom stereocenters. The second-order valence-corrected chi connectivity index (χ2v) is 4.05. The van der Waals surface area contributed by atoms with Gasteiger partial charge in [-0.05, 0) is 25.1 Å². The van der Waals surface area contributed by atoms with E-state index >= 15 is 0 Å². The molecule has 17 heavy (non-hydrogen) atoms. The molecule has 86 valence electrons. The second kappa shape index (κ2) is 4.97. The lowest BCUT2D eigenvalue weighted by atomic mass is 10.1. The Morgan fingerprint density at radius 1 is 1.29 bits per heavy atom. The van der Waals surface area contributed by atoms with Crippen molar-refractivity contribution in [2.24, 2.45) is 0 Å². The SMILES string of the molecule is CC(=N)c1ccccc1Nc1ccnc(Cl)c1. The number of halogens is 1. The van der Waals surface area contributed by atoms with E-state index < -0.39 is 0 Å². The molecule has 0 saturated heterocycles. The van der Waals surface area contributed by atoms with Gasteiger partial charge in [0.1, 0.15) is 5.15 Å². The van der Waals surface area contributed by atoms with Crippen LogP contribution in [-0.4, -0.2) is 10.7 Å². The summed E-state index contributed by atoms with van der Waals surface area (Å²) in [6.07, 6.45) is 1.64. The summed E-state index contributed by atoms with van der Waals surface area (Å²) >= 11 is 5.82. The maximum absolute atomic E-state index is 7.71. The zero-order valence-electron chi connectivity index (χ0n) is 9.37. The maximum atomic E-state index is 7.71. The van der Waals surface area contributed by atoms with Crippen molar-refractivity contribution in [1.29, 1.82) is 5.41 Å². The van der Waals surface area contributed by atoms with Crippen LogP contribution in [0.4, 0.5) is 11.4 Å². The van der Waals surface area contributed by atoms with E-state index in [0.29, 0.717) is 10.9 Å². The topological polar surface area (TPSA) is 48.8 Å². The number of aromatic nitrogens is 1. The van der Waals surface area contributed by atoms with Gasteiger partial charge in [0, 0.05) is 28.8 Å². The van der Waals surface area contributed by atoms with Gasteiger partial charge in [0.2, 0.25) is 0 Å². The van der Waals surface area contributed by atoms with Gasteiger partial charge >= 0.3 is 0 Å². The molecule has 0 radical (unpaired) electrons. The first-order valence-corrected chi connectivity index (χ1v) is 5.58. The monoisotopic (exact) mass is 245 g/mol. The van der Waals surface area contributed by atoms with Crippen LogP contribution >= 0.6 is 11.6 Å². The number of benzene rings is 1. The van der Waals surface area contributed by atoms with Crippen LogP contribution in [0.15, 0.2) is 42.6 Å². The van der Waals surface area contributed by atoms with Crippen LogP contribution in [0, 0.1) is 5.41 Å². The predicted molar refractivity (Wildman–Crippen MR) is 71.5 cm³/mol. The van der Waals surface area contributed by atoms with Crippen molar-refractivity contribution in [3.8, 4) is 0 Å². The summed E-state index contributed by atoms with van der Waals surface area (Å²) in [5.41, 5.74) is 3.15. The minimum absolute atomic E-state index is 0.444. The van der Waals surface area contributed by atoms with E-state index in [2.05, 4.69) is 10.3 Å². The fourth-order valence-electron chi connectivity index (χ4n) is 1.55. The number of hydrogen-bond acceptors (Lipinski definition) is 3. The number of nitrogens with zero attached hydrogens (tertiary/aromatic N) is 1. The lowest BCUT2D eigenvalue weighted by Gasteiger charge is -2.11. The second-order valence-electron chi connectivity index (χ2n) is 3.66. The Morgan fingerprint density at radius 2 is 2.06 bits per heavy atom. The van der Waals surface area contributed by atoms with Crippen LogP contribution in [-0.2, 0) is 0 Å². The van der Waals surface area contributed by atoms with Crippen molar-refractivity contribution < 1.29 is 0 Å². The molecule has 1 aromatic heterocycles. The molecule has 1 aromatic carbocycles. The Hall–Kier alpha value is -1.87. The molecule has 0 saturated carbocycles. The van der Waals surface area contributed by atoms with Crippen molar-refractivity contribution >= 4 is 28.7 Å². The molecule has 0 spiro atoms. The number of rotatable bonds is 3. The van der Waals surface area contributed by atoms with E-state index in [1.165, 1.54) is 0 Å². The Morgan fingerprint density at radius 3 is 2.76 bits per heavy atom. The zero-order chi connectivity index (χ0) is 12.3. The number of nitrogens with one attached hydrogen (secondary N) is 2. The smallest absolute Gasteiger partial charge is 0.131 e. The molecule has 0 aliphatic heterocycles. The highest BCUT2D eigenvalue weighted by Crippen LogP contribution is 2.22. The Bertz CT molecular complexity index is 552. The summed E-state index contributed by atoms with van der Waals surface area (Å²) in [6, 6.07) is 11.3. The molecule has 4 heteroatoms. The third kappa shape index (κ3) is 2.82. The van der Waals surface area contributed by atoms with Gasteiger partial charge in [-0.1, -0.05) is 29.8 Å². The normalized spacial score (nSPS) is 10.0. The standard InChI is InChI=1S/C13H12ClN3/c1-9(15)11-4-2-3-5-12(11)17-10-6-7-16-13(14)8-10/h2-8,15H,1H3,(H,16,17). The van der Waals surface area contributed by atoms with Gasteiger partial charge in [-0.15, -0.1) is 0 Å². The van der Waals surface area contributed by atoms with E-state index in [0.717, 1.165) is 16.9 Å². The van der Waals surface area contributed by atoms with E-state index in [1.54, 1.807) is 19.2 Å².